The molecular formula is C23H20F3N5O5S. The molecule has 10 nitrogen and oxygen atoms in total. The Hall–Kier alpha value is -4.33. The van der Waals surface area contributed by atoms with Crippen LogP contribution in [0.15, 0.2) is 72.9 Å². The molecule has 0 radical (unpaired) electrons. The predicted octanol–water partition coefficient (Wildman–Crippen LogP) is 3.81. The molecule has 3 aromatic rings. The standard InChI is InChI=1S/C23H20F3N5O5S/c1-22(20(32)31(21(33)28-22)17-7-9-18(10-8-17)36-23(24,25)26)14-15-11-12-27-19(13-15)30-37(34,35)29-16-5-3-2-4-6-16/h2-13,29H,14H2,1H3,(H,27,30)(H,28,33). The summed E-state index contributed by atoms with van der Waals surface area (Å²) in [6, 6.07) is 14.7. The molecule has 3 amide bonds. The van der Waals surface area contributed by atoms with Crippen LogP contribution in [0, 0.1) is 0 Å². The van der Waals surface area contributed by atoms with Crippen LogP contribution in [-0.2, 0) is 21.4 Å². The second-order valence-electron chi connectivity index (χ2n) is 8.24. The van der Waals surface area contributed by atoms with Gasteiger partial charge in [0, 0.05) is 12.6 Å². The SMILES string of the molecule is CC1(Cc2ccnc(NS(=O)(=O)Nc3ccccc3)c2)NC(=O)N(c2ccc(OC(F)(F)F)cc2)C1=O. The van der Waals surface area contributed by atoms with Crippen LogP contribution in [0.1, 0.15) is 12.5 Å². The summed E-state index contributed by atoms with van der Waals surface area (Å²) in [4.78, 5) is 30.6. The molecule has 1 aromatic heterocycles. The first kappa shape index (κ1) is 25.8. The Bertz CT molecular complexity index is 1420. The molecule has 2 aromatic carbocycles. The second kappa shape index (κ2) is 9.61. The predicted molar refractivity (Wildman–Crippen MR) is 128 cm³/mol. The summed E-state index contributed by atoms with van der Waals surface area (Å²) in [5.41, 5.74) is -0.538. The number of alkyl halides is 3. The van der Waals surface area contributed by atoms with Gasteiger partial charge in [-0.3, -0.25) is 14.2 Å². The van der Waals surface area contributed by atoms with Crippen LogP contribution in [-0.4, -0.2) is 37.2 Å². The van der Waals surface area contributed by atoms with E-state index in [0.717, 1.165) is 29.2 Å². The van der Waals surface area contributed by atoms with E-state index >= 15 is 0 Å². The highest BCUT2D eigenvalue weighted by Gasteiger charge is 2.48. The fourth-order valence-corrected chi connectivity index (χ4v) is 4.59. The number of nitrogens with zero attached hydrogens (tertiary/aromatic N) is 2. The summed E-state index contributed by atoms with van der Waals surface area (Å²) < 4.78 is 70.5. The van der Waals surface area contributed by atoms with Crippen LogP contribution in [0.25, 0.3) is 0 Å². The third-order valence-electron chi connectivity index (χ3n) is 5.24. The number of carbonyl (C=O) groups excluding carboxylic acids is 2. The van der Waals surface area contributed by atoms with Crippen LogP contribution in [0.5, 0.6) is 5.75 Å². The van der Waals surface area contributed by atoms with E-state index in [-0.39, 0.29) is 17.9 Å². The Labute approximate surface area is 209 Å². The summed E-state index contributed by atoms with van der Waals surface area (Å²) >= 11 is 0. The van der Waals surface area contributed by atoms with Gasteiger partial charge in [0.1, 0.15) is 17.1 Å². The lowest BCUT2D eigenvalue weighted by molar-refractivity contribution is -0.274. The maximum absolute atomic E-state index is 13.2. The topological polar surface area (TPSA) is 130 Å². The van der Waals surface area contributed by atoms with Gasteiger partial charge in [-0.15, -0.1) is 13.2 Å². The number of urea groups is 1. The molecule has 14 heteroatoms. The van der Waals surface area contributed by atoms with Crippen LogP contribution >= 0.6 is 0 Å². The van der Waals surface area contributed by atoms with Crippen LogP contribution < -0.4 is 24.4 Å². The number of anilines is 3. The number of hydrogen-bond acceptors (Lipinski definition) is 6. The van der Waals surface area contributed by atoms with E-state index in [1.807, 2.05) is 0 Å². The van der Waals surface area contributed by atoms with Crippen molar-refractivity contribution in [2.24, 2.45) is 0 Å². The van der Waals surface area contributed by atoms with E-state index in [1.165, 1.54) is 19.2 Å². The Morgan fingerprint density at radius 3 is 2.35 bits per heavy atom. The fourth-order valence-electron chi connectivity index (χ4n) is 3.71. The van der Waals surface area contributed by atoms with Gasteiger partial charge < -0.3 is 10.1 Å². The molecule has 0 spiro atoms. The molecule has 3 N–H and O–H groups in total. The molecule has 1 aliphatic rings. The molecule has 0 aliphatic carbocycles. The fraction of sp³-hybridized carbons (Fsp3) is 0.174. The lowest BCUT2D eigenvalue weighted by Gasteiger charge is -2.22. The van der Waals surface area contributed by atoms with Crippen molar-refractivity contribution in [2.45, 2.75) is 25.2 Å². The monoisotopic (exact) mass is 535 g/mol. The van der Waals surface area contributed by atoms with E-state index in [4.69, 9.17) is 0 Å². The number of para-hydroxylation sites is 1. The molecule has 1 atom stereocenters. The van der Waals surface area contributed by atoms with Gasteiger partial charge in [0.2, 0.25) is 0 Å². The average Bonchev–Trinajstić information content (AvgIpc) is 3.01. The number of amides is 3. The molecule has 1 aliphatic heterocycles. The molecule has 2 heterocycles. The van der Waals surface area contributed by atoms with Crippen LogP contribution in [0.2, 0.25) is 0 Å². The average molecular weight is 536 g/mol. The van der Waals surface area contributed by atoms with Gasteiger partial charge in [0.15, 0.2) is 0 Å². The first-order valence-electron chi connectivity index (χ1n) is 10.7. The number of rotatable bonds is 8. The quantitative estimate of drug-likeness (QED) is 0.376. The molecule has 0 bridgehead atoms. The minimum absolute atomic E-state index is 0.0154. The highest BCUT2D eigenvalue weighted by atomic mass is 32.2. The number of imide groups is 1. The van der Waals surface area contributed by atoms with Crippen molar-refractivity contribution in [2.75, 3.05) is 14.3 Å². The van der Waals surface area contributed by atoms with Crippen molar-refractivity contribution in [3.05, 3.63) is 78.5 Å². The summed E-state index contributed by atoms with van der Waals surface area (Å²) in [7, 11) is -4.01. The van der Waals surface area contributed by atoms with Gasteiger partial charge in [0.25, 0.3) is 5.91 Å². The number of nitrogens with one attached hydrogen (secondary N) is 3. The highest BCUT2D eigenvalue weighted by Crippen LogP contribution is 2.30. The molecule has 1 saturated heterocycles. The number of ether oxygens (including phenoxy) is 1. The van der Waals surface area contributed by atoms with E-state index in [9.17, 15) is 31.2 Å². The van der Waals surface area contributed by atoms with Crippen molar-refractivity contribution in [1.82, 2.24) is 10.3 Å². The lowest BCUT2D eigenvalue weighted by atomic mass is 9.93. The van der Waals surface area contributed by atoms with E-state index in [2.05, 4.69) is 24.5 Å². The Kier molecular flexibility index (Phi) is 6.69. The van der Waals surface area contributed by atoms with Gasteiger partial charge in [-0.25, -0.2) is 14.7 Å². The first-order valence-corrected chi connectivity index (χ1v) is 12.1. The van der Waals surface area contributed by atoms with Gasteiger partial charge in [-0.05, 0) is 61.0 Å². The number of halogens is 3. The zero-order valence-corrected chi connectivity index (χ0v) is 19.9. The Morgan fingerprint density at radius 1 is 1.03 bits per heavy atom. The van der Waals surface area contributed by atoms with Crippen molar-refractivity contribution in [3.8, 4) is 5.75 Å². The second-order valence-corrected chi connectivity index (χ2v) is 9.66. The molecular weight excluding hydrogens is 515 g/mol. The summed E-state index contributed by atoms with van der Waals surface area (Å²) in [6.07, 6.45) is -3.56. The maximum atomic E-state index is 13.2. The number of pyridine rings is 1. The minimum Gasteiger partial charge on any atom is -0.406 e. The number of benzene rings is 2. The molecule has 1 unspecified atom stereocenters. The highest BCUT2D eigenvalue weighted by molar-refractivity contribution is 7.94. The van der Waals surface area contributed by atoms with Gasteiger partial charge >= 0.3 is 22.6 Å². The molecule has 4 rings (SSSR count). The third-order valence-corrected chi connectivity index (χ3v) is 6.22. The van der Waals surface area contributed by atoms with Crippen molar-refractivity contribution < 1.29 is 35.9 Å². The number of hydrogen-bond donors (Lipinski definition) is 3. The maximum Gasteiger partial charge on any atom is 0.573 e. The van der Waals surface area contributed by atoms with E-state index in [1.54, 1.807) is 36.4 Å². The summed E-state index contributed by atoms with van der Waals surface area (Å²) in [5.74, 6) is -1.16. The van der Waals surface area contributed by atoms with Crippen molar-refractivity contribution in [1.29, 1.82) is 0 Å². The molecule has 194 valence electrons. The smallest absolute Gasteiger partial charge is 0.406 e. The molecule has 37 heavy (non-hydrogen) atoms. The van der Waals surface area contributed by atoms with Crippen LogP contribution in [0.4, 0.5) is 35.2 Å². The van der Waals surface area contributed by atoms with E-state index in [0.29, 0.717) is 11.3 Å². The zero-order valence-electron chi connectivity index (χ0n) is 19.1. The van der Waals surface area contributed by atoms with Crippen LogP contribution in [0.3, 0.4) is 0 Å². The number of carbonyl (C=O) groups is 2. The van der Waals surface area contributed by atoms with Crippen molar-refractivity contribution in [3.63, 3.8) is 0 Å². The number of aromatic nitrogens is 1. The Balaban J connectivity index is 1.47. The van der Waals surface area contributed by atoms with E-state index < -0.39 is 39.8 Å². The van der Waals surface area contributed by atoms with Gasteiger partial charge in [-0.2, -0.15) is 8.42 Å². The minimum atomic E-state index is -4.88. The third kappa shape index (κ3) is 6.27. The molecule has 0 saturated carbocycles. The molecule has 1 fully saturated rings. The summed E-state index contributed by atoms with van der Waals surface area (Å²) in [6.45, 7) is 1.48. The zero-order chi connectivity index (χ0) is 26.8. The normalized spacial score (nSPS) is 17.9. The summed E-state index contributed by atoms with van der Waals surface area (Å²) in [5, 5.41) is 2.59. The van der Waals surface area contributed by atoms with Gasteiger partial charge in [-0.1, -0.05) is 18.2 Å². The Morgan fingerprint density at radius 2 is 1.70 bits per heavy atom. The largest absolute Gasteiger partial charge is 0.573 e. The van der Waals surface area contributed by atoms with Gasteiger partial charge in [0.05, 0.1) is 11.4 Å². The lowest BCUT2D eigenvalue weighted by Crippen LogP contribution is -2.46. The van der Waals surface area contributed by atoms with Crippen molar-refractivity contribution >= 4 is 39.3 Å². The first-order chi connectivity index (χ1) is 17.3.